The molecule has 136 valence electrons. The predicted molar refractivity (Wildman–Crippen MR) is 120 cm³/mol. The normalized spacial score (nSPS) is 11.5. The molecule has 0 N–H and O–H groups in total. The van der Waals surface area contributed by atoms with Crippen LogP contribution in [-0.2, 0) is 0 Å². The van der Waals surface area contributed by atoms with Gasteiger partial charge in [-0.05, 0) is 23.1 Å². The summed E-state index contributed by atoms with van der Waals surface area (Å²) >= 11 is 1.80. The zero-order chi connectivity index (χ0) is 19.1. The summed E-state index contributed by atoms with van der Waals surface area (Å²) in [4.78, 5) is 9.95. The quantitative estimate of drug-likeness (QED) is 0.328. The maximum Gasteiger partial charge on any atom is 0.160 e. The van der Waals surface area contributed by atoms with Crippen LogP contribution >= 0.6 is 11.3 Å². The highest BCUT2D eigenvalue weighted by Crippen LogP contribution is 2.37. The van der Waals surface area contributed by atoms with Crippen LogP contribution in [0.4, 0.5) is 0 Å². The number of rotatable bonds is 3. The van der Waals surface area contributed by atoms with Gasteiger partial charge in [-0.15, -0.1) is 11.3 Å². The second kappa shape index (κ2) is 6.84. The zero-order valence-corrected chi connectivity index (χ0v) is 16.7. The van der Waals surface area contributed by atoms with Crippen LogP contribution in [0.2, 0.25) is 0 Å². The molecule has 5 rings (SSSR count). The standard InChI is InChI=1S/C25H20N2S/c1-16(2)22-24-23(20-10-6-7-11-21(20)28-24)27-25(26-22)19-14-12-18(13-15-19)17-8-4-3-5-9-17/h3-16H,1-2H3. The molecule has 2 aromatic heterocycles. The highest BCUT2D eigenvalue weighted by Gasteiger charge is 2.16. The van der Waals surface area contributed by atoms with Gasteiger partial charge < -0.3 is 0 Å². The van der Waals surface area contributed by atoms with Gasteiger partial charge in [0.05, 0.1) is 15.9 Å². The lowest BCUT2D eigenvalue weighted by Crippen LogP contribution is -1.98. The maximum atomic E-state index is 4.98. The average molecular weight is 381 g/mol. The van der Waals surface area contributed by atoms with Crippen molar-refractivity contribution in [3.05, 3.63) is 84.6 Å². The Hall–Kier alpha value is -3.04. The zero-order valence-electron chi connectivity index (χ0n) is 15.9. The van der Waals surface area contributed by atoms with E-state index in [1.807, 2.05) is 6.07 Å². The first kappa shape index (κ1) is 17.1. The molecule has 0 saturated carbocycles. The lowest BCUT2D eigenvalue weighted by molar-refractivity contribution is 0.833. The van der Waals surface area contributed by atoms with E-state index in [9.17, 15) is 0 Å². The third kappa shape index (κ3) is 2.88. The van der Waals surface area contributed by atoms with Gasteiger partial charge in [-0.25, -0.2) is 9.97 Å². The summed E-state index contributed by atoms with van der Waals surface area (Å²) in [6.45, 7) is 4.41. The first-order chi connectivity index (χ1) is 13.7. The number of fused-ring (bicyclic) bond motifs is 3. The van der Waals surface area contributed by atoms with Crippen LogP contribution < -0.4 is 0 Å². The summed E-state index contributed by atoms with van der Waals surface area (Å²) in [5.41, 5.74) is 5.68. The molecule has 28 heavy (non-hydrogen) atoms. The second-order valence-corrected chi connectivity index (χ2v) is 8.36. The fourth-order valence-corrected chi connectivity index (χ4v) is 4.85. The van der Waals surface area contributed by atoms with Gasteiger partial charge in [-0.2, -0.15) is 0 Å². The van der Waals surface area contributed by atoms with E-state index in [0.717, 1.165) is 22.6 Å². The van der Waals surface area contributed by atoms with Crippen LogP contribution in [0.15, 0.2) is 78.9 Å². The Labute approximate surface area is 168 Å². The van der Waals surface area contributed by atoms with E-state index in [1.54, 1.807) is 11.3 Å². The molecule has 2 heterocycles. The van der Waals surface area contributed by atoms with E-state index in [1.165, 1.54) is 25.9 Å². The summed E-state index contributed by atoms with van der Waals surface area (Å²) in [5.74, 6) is 1.15. The topological polar surface area (TPSA) is 25.8 Å². The van der Waals surface area contributed by atoms with Crippen molar-refractivity contribution in [3.63, 3.8) is 0 Å². The minimum absolute atomic E-state index is 0.348. The molecule has 0 aliphatic heterocycles. The fourth-order valence-electron chi connectivity index (χ4n) is 3.57. The highest BCUT2D eigenvalue weighted by atomic mass is 32.1. The SMILES string of the molecule is CC(C)c1nc(-c2ccc(-c3ccccc3)cc2)nc2c1sc1ccccc12. The van der Waals surface area contributed by atoms with Gasteiger partial charge in [0, 0.05) is 15.6 Å². The summed E-state index contributed by atoms with van der Waals surface area (Å²) in [6, 6.07) is 27.5. The van der Waals surface area contributed by atoms with Crippen LogP contribution in [-0.4, -0.2) is 9.97 Å². The van der Waals surface area contributed by atoms with Crippen molar-refractivity contribution in [2.24, 2.45) is 0 Å². The molecule has 0 aliphatic rings. The summed E-state index contributed by atoms with van der Waals surface area (Å²) in [5, 5.41) is 1.22. The van der Waals surface area contributed by atoms with Crippen LogP contribution in [0.25, 0.3) is 42.8 Å². The number of benzene rings is 3. The number of nitrogens with zero attached hydrogens (tertiary/aromatic N) is 2. The van der Waals surface area contributed by atoms with Gasteiger partial charge in [0.15, 0.2) is 5.82 Å². The van der Waals surface area contributed by atoms with E-state index in [4.69, 9.17) is 9.97 Å². The van der Waals surface area contributed by atoms with Gasteiger partial charge in [0.25, 0.3) is 0 Å². The van der Waals surface area contributed by atoms with Crippen molar-refractivity contribution in [2.75, 3.05) is 0 Å². The third-order valence-electron chi connectivity index (χ3n) is 5.04. The summed E-state index contributed by atoms with van der Waals surface area (Å²) in [6.07, 6.45) is 0. The fraction of sp³-hybridized carbons (Fsp3) is 0.120. The molecular formula is C25H20N2S. The van der Waals surface area contributed by atoms with Crippen molar-refractivity contribution in [3.8, 4) is 22.5 Å². The maximum absolute atomic E-state index is 4.98. The lowest BCUT2D eigenvalue weighted by atomic mass is 10.0. The highest BCUT2D eigenvalue weighted by molar-refractivity contribution is 7.25. The Kier molecular flexibility index (Phi) is 4.18. The predicted octanol–water partition coefficient (Wildman–Crippen LogP) is 7.30. The van der Waals surface area contributed by atoms with Gasteiger partial charge >= 0.3 is 0 Å². The first-order valence-electron chi connectivity index (χ1n) is 9.56. The van der Waals surface area contributed by atoms with Gasteiger partial charge in [0.2, 0.25) is 0 Å². The van der Waals surface area contributed by atoms with E-state index < -0.39 is 0 Å². The Bertz CT molecular complexity index is 1270. The minimum Gasteiger partial charge on any atom is -0.231 e. The molecular weight excluding hydrogens is 360 g/mol. The smallest absolute Gasteiger partial charge is 0.160 e. The monoisotopic (exact) mass is 380 g/mol. The van der Waals surface area contributed by atoms with Gasteiger partial charge in [-0.1, -0.05) is 86.6 Å². The van der Waals surface area contributed by atoms with Crippen molar-refractivity contribution in [1.82, 2.24) is 9.97 Å². The molecule has 0 saturated heterocycles. The van der Waals surface area contributed by atoms with Gasteiger partial charge in [-0.3, -0.25) is 0 Å². The molecule has 0 spiro atoms. The molecule has 5 aromatic rings. The molecule has 0 fully saturated rings. The van der Waals surface area contributed by atoms with Crippen LogP contribution in [0, 0.1) is 0 Å². The summed E-state index contributed by atoms with van der Waals surface area (Å²) < 4.78 is 2.48. The van der Waals surface area contributed by atoms with Crippen LogP contribution in [0.1, 0.15) is 25.5 Å². The Balaban J connectivity index is 1.67. The average Bonchev–Trinajstić information content (AvgIpc) is 3.12. The van der Waals surface area contributed by atoms with Gasteiger partial charge in [0.1, 0.15) is 0 Å². The molecule has 0 atom stereocenters. The second-order valence-electron chi connectivity index (χ2n) is 7.31. The van der Waals surface area contributed by atoms with E-state index >= 15 is 0 Å². The van der Waals surface area contributed by atoms with E-state index in [0.29, 0.717) is 5.92 Å². The van der Waals surface area contributed by atoms with Crippen molar-refractivity contribution in [1.29, 1.82) is 0 Å². The molecule has 3 aromatic carbocycles. The molecule has 0 amide bonds. The summed E-state index contributed by atoms with van der Waals surface area (Å²) in [7, 11) is 0. The van der Waals surface area contributed by atoms with Crippen molar-refractivity contribution in [2.45, 2.75) is 19.8 Å². The largest absolute Gasteiger partial charge is 0.231 e. The molecule has 0 radical (unpaired) electrons. The third-order valence-corrected chi connectivity index (χ3v) is 6.23. The van der Waals surface area contributed by atoms with Crippen LogP contribution in [0.5, 0.6) is 0 Å². The van der Waals surface area contributed by atoms with Crippen molar-refractivity contribution >= 4 is 31.6 Å². The number of aromatic nitrogens is 2. The molecule has 0 aliphatic carbocycles. The molecule has 0 bridgehead atoms. The Morgan fingerprint density at radius 3 is 2.07 bits per heavy atom. The van der Waals surface area contributed by atoms with Crippen LogP contribution in [0.3, 0.4) is 0 Å². The number of thiophene rings is 1. The molecule has 3 heteroatoms. The number of hydrogen-bond acceptors (Lipinski definition) is 3. The Morgan fingerprint density at radius 1 is 0.679 bits per heavy atom. The van der Waals surface area contributed by atoms with Crippen molar-refractivity contribution < 1.29 is 0 Å². The molecule has 0 unspecified atom stereocenters. The lowest BCUT2D eigenvalue weighted by Gasteiger charge is -2.09. The van der Waals surface area contributed by atoms with E-state index in [-0.39, 0.29) is 0 Å². The first-order valence-corrected chi connectivity index (χ1v) is 10.4. The Morgan fingerprint density at radius 2 is 1.32 bits per heavy atom. The van der Waals surface area contributed by atoms with E-state index in [2.05, 4.69) is 86.6 Å². The molecule has 2 nitrogen and oxygen atoms in total. The number of hydrogen-bond donors (Lipinski definition) is 0. The minimum atomic E-state index is 0.348.